The van der Waals surface area contributed by atoms with Crippen LogP contribution in [0.3, 0.4) is 0 Å². The molecule has 152 valence electrons. The van der Waals surface area contributed by atoms with Gasteiger partial charge in [0.1, 0.15) is 17.1 Å². The Balaban J connectivity index is 1.91. The van der Waals surface area contributed by atoms with Crippen molar-refractivity contribution in [3.8, 4) is 11.5 Å². The number of hydrazone groups is 1. The van der Waals surface area contributed by atoms with Gasteiger partial charge in [-0.05, 0) is 62.2 Å². The van der Waals surface area contributed by atoms with Gasteiger partial charge in [0.05, 0.1) is 13.3 Å². The average Bonchev–Trinajstić information content (AvgIpc) is 2.65. The lowest BCUT2D eigenvalue weighted by molar-refractivity contribution is -0.128. The molecule has 2 aromatic carbocycles. The molecule has 0 bridgehead atoms. The van der Waals surface area contributed by atoms with Gasteiger partial charge in [-0.1, -0.05) is 24.3 Å². The number of rotatable bonds is 6. The Morgan fingerprint density at radius 3 is 2.38 bits per heavy atom. The Kier molecular flexibility index (Phi) is 7.54. The molecule has 7 heteroatoms. The third-order valence-corrected chi connectivity index (χ3v) is 3.37. The zero-order valence-electron chi connectivity index (χ0n) is 16.8. The van der Waals surface area contributed by atoms with Crippen LogP contribution in [0.4, 0.5) is 4.79 Å². The van der Waals surface area contributed by atoms with Gasteiger partial charge in [-0.15, -0.1) is 0 Å². The average molecular weight is 396 g/mol. The van der Waals surface area contributed by atoms with E-state index in [1.807, 2.05) is 12.1 Å². The summed E-state index contributed by atoms with van der Waals surface area (Å²) in [6.07, 6.45) is 3.76. The molecule has 0 aromatic heterocycles. The summed E-state index contributed by atoms with van der Waals surface area (Å²) in [7, 11) is 1.59. The van der Waals surface area contributed by atoms with Gasteiger partial charge in [-0.25, -0.2) is 15.0 Å². The first-order chi connectivity index (χ1) is 13.7. The number of benzene rings is 2. The zero-order chi connectivity index (χ0) is 21.3. The van der Waals surface area contributed by atoms with Gasteiger partial charge in [-0.2, -0.15) is 5.10 Å². The number of amides is 1. The molecule has 29 heavy (non-hydrogen) atoms. The first kappa shape index (κ1) is 21.7. The van der Waals surface area contributed by atoms with Crippen LogP contribution in [0, 0.1) is 0 Å². The summed E-state index contributed by atoms with van der Waals surface area (Å²) < 4.78 is 15.5. The van der Waals surface area contributed by atoms with E-state index >= 15 is 0 Å². The number of hydrogen-bond acceptors (Lipinski definition) is 6. The van der Waals surface area contributed by atoms with Crippen molar-refractivity contribution in [2.75, 3.05) is 7.11 Å². The number of esters is 1. The highest BCUT2D eigenvalue weighted by atomic mass is 16.6. The van der Waals surface area contributed by atoms with Crippen LogP contribution in [0.15, 0.2) is 59.7 Å². The standard InChI is InChI=1S/C22H24N2O5/c1-22(2,3)29-21(26)24-23-15-17-6-5-7-19(14-17)28-20(25)13-10-16-8-11-18(27-4)12-9-16/h5-15H,1-4H3,(H,24,26). The maximum Gasteiger partial charge on any atom is 0.428 e. The highest BCUT2D eigenvalue weighted by Crippen LogP contribution is 2.14. The second-order valence-electron chi connectivity index (χ2n) is 6.97. The van der Waals surface area contributed by atoms with Crippen molar-refractivity contribution in [2.24, 2.45) is 5.10 Å². The third-order valence-electron chi connectivity index (χ3n) is 3.37. The van der Waals surface area contributed by atoms with Crippen LogP contribution >= 0.6 is 0 Å². The van der Waals surface area contributed by atoms with Crippen molar-refractivity contribution in [1.82, 2.24) is 5.43 Å². The Morgan fingerprint density at radius 2 is 1.72 bits per heavy atom. The van der Waals surface area contributed by atoms with Crippen molar-refractivity contribution in [3.63, 3.8) is 0 Å². The van der Waals surface area contributed by atoms with Gasteiger partial charge in [0.2, 0.25) is 0 Å². The molecule has 0 atom stereocenters. The number of nitrogens with one attached hydrogen (secondary N) is 1. The summed E-state index contributed by atoms with van der Waals surface area (Å²) in [6.45, 7) is 5.28. The summed E-state index contributed by atoms with van der Waals surface area (Å²) >= 11 is 0. The lowest BCUT2D eigenvalue weighted by atomic mass is 10.2. The number of hydrogen-bond donors (Lipinski definition) is 1. The van der Waals surface area contributed by atoms with E-state index in [0.29, 0.717) is 11.3 Å². The Bertz CT molecular complexity index is 896. The molecule has 0 spiro atoms. The molecule has 0 unspecified atom stereocenters. The summed E-state index contributed by atoms with van der Waals surface area (Å²) in [5.74, 6) is 0.585. The molecule has 1 N–H and O–H groups in total. The Labute approximate surface area is 170 Å². The Hall–Kier alpha value is -3.61. The van der Waals surface area contributed by atoms with Crippen LogP contribution in [0.1, 0.15) is 31.9 Å². The molecule has 0 saturated heterocycles. The van der Waals surface area contributed by atoms with Crippen molar-refractivity contribution in [1.29, 1.82) is 0 Å². The highest BCUT2D eigenvalue weighted by Gasteiger charge is 2.15. The predicted octanol–water partition coefficient (Wildman–Crippen LogP) is 4.17. The fourth-order valence-electron chi connectivity index (χ4n) is 2.15. The molecule has 0 fully saturated rings. The van der Waals surface area contributed by atoms with Crippen LogP contribution in [-0.2, 0) is 9.53 Å². The second kappa shape index (κ2) is 10.1. The van der Waals surface area contributed by atoms with Crippen molar-refractivity contribution < 1.29 is 23.8 Å². The summed E-state index contributed by atoms with van der Waals surface area (Å²) in [6, 6.07) is 14.0. The van der Waals surface area contributed by atoms with E-state index in [-0.39, 0.29) is 0 Å². The van der Waals surface area contributed by atoms with Gasteiger partial charge in [0.15, 0.2) is 0 Å². The quantitative estimate of drug-likeness (QED) is 0.260. The normalized spacial score (nSPS) is 11.4. The molecule has 2 aromatic rings. The van der Waals surface area contributed by atoms with Crippen molar-refractivity contribution >= 4 is 24.4 Å². The fraction of sp³-hybridized carbons (Fsp3) is 0.227. The van der Waals surface area contributed by atoms with E-state index in [1.165, 1.54) is 12.3 Å². The number of ether oxygens (including phenoxy) is 3. The predicted molar refractivity (Wildman–Crippen MR) is 111 cm³/mol. The van der Waals surface area contributed by atoms with Crippen molar-refractivity contribution in [2.45, 2.75) is 26.4 Å². The van der Waals surface area contributed by atoms with E-state index < -0.39 is 17.7 Å². The van der Waals surface area contributed by atoms with Gasteiger partial charge < -0.3 is 14.2 Å². The van der Waals surface area contributed by atoms with Crippen LogP contribution in [0.2, 0.25) is 0 Å². The third kappa shape index (κ3) is 8.30. The molecule has 7 nitrogen and oxygen atoms in total. The number of carbonyl (C=O) groups excluding carboxylic acids is 2. The molecule has 0 heterocycles. The first-order valence-electron chi connectivity index (χ1n) is 8.91. The fourth-order valence-corrected chi connectivity index (χ4v) is 2.15. The summed E-state index contributed by atoms with van der Waals surface area (Å²) in [5, 5.41) is 3.82. The van der Waals surface area contributed by atoms with Gasteiger partial charge >= 0.3 is 12.1 Å². The Morgan fingerprint density at radius 1 is 1.00 bits per heavy atom. The van der Waals surface area contributed by atoms with E-state index in [0.717, 1.165) is 11.3 Å². The van der Waals surface area contributed by atoms with Crippen LogP contribution < -0.4 is 14.9 Å². The van der Waals surface area contributed by atoms with Gasteiger partial charge in [0.25, 0.3) is 0 Å². The van der Waals surface area contributed by atoms with E-state index in [4.69, 9.17) is 14.2 Å². The minimum absolute atomic E-state index is 0.357. The maximum atomic E-state index is 12.0. The lowest BCUT2D eigenvalue weighted by Gasteiger charge is -2.18. The smallest absolute Gasteiger partial charge is 0.428 e. The molecule has 0 aliphatic carbocycles. The zero-order valence-corrected chi connectivity index (χ0v) is 16.8. The number of nitrogens with zero attached hydrogens (tertiary/aromatic N) is 1. The van der Waals surface area contributed by atoms with E-state index in [9.17, 15) is 9.59 Å². The molecular weight excluding hydrogens is 372 g/mol. The SMILES string of the molecule is COc1ccc(C=CC(=O)Oc2cccc(C=NNC(=O)OC(C)(C)C)c2)cc1. The van der Waals surface area contributed by atoms with E-state index in [1.54, 1.807) is 70.4 Å². The van der Waals surface area contributed by atoms with Crippen LogP contribution in [0.25, 0.3) is 6.08 Å². The van der Waals surface area contributed by atoms with Crippen LogP contribution in [-0.4, -0.2) is 31.0 Å². The number of carbonyl (C=O) groups is 2. The minimum atomic E-state index is -0.653. The minimum Gasteiger partial charge on any atom is -0.497 e. The van der Waals surface area contributed by atoms with Gasteiger partial charge in [-0.3, -0.25) is 0 Å². The number of methoxy groups -OCH3 is 1. The lowest BCUT2D eigenvalue weighted by Crippen LogP contribution is -2.29. The molecular formula is C22H24N2O5. The molecule has 0 aliphatic rings. The molecule has 0 aliphatic heterocycles. The molecule has 2 rings (SSSR count). The maximum absolute atomic E-state index is 12.0. The highest BCUT2D eigenvalue weighted by molar-refractivity contribution is 5.89. The van der Waals surface area contributed by atoms with Crippen LogP contribution in [0.5, 0.6) is 11.5 Å². The molecule has 1 amide bonds. The van der Waals surface area contributed by atoms with E-state index in [2.05, 4.69) is 10.5 Å². The monoisotopic (exact) mass is 396 g/mol. The summed E-state index contributed by atoms with van der Waals surface area (Å²) in [5.41, 5.74) is 3.16. The summed E-state index contributed by atoms with van der Waals surface area (Å²) in [4.78, 5) is 23.6. The topological polar surface area (TPSA) is 86.2 Å². The largest absolute Gasteiger partial charge is 0.497 e. The van der Waals surface area contributed by atoms with Gasteiger partial charge in [0, 0.05) is 6.08 Å². The second-order valence-corrected chi connectivity index (χ2v) is 6.97. The van der Waals surface area contributed by atoms with Crippen molar-refractivity contribution in [3.05, 3.63) is 65.7 Å². The first-order valence-corrected chi connectivity index (χ1v) is 8.91. The molecule has 0 radical (unpaired) electrons. The molecule has 0 saturated carbocycles.